The summed E-state index contributed by atoms with van der Waals surface area (Å²) in [4.78, 5) is 24.3. The van der Waals surface area contributed by atoms with E-state index in [2.05, 4.69) is 10.4 Å². The van der Waals surface area contributed by atoms with Gasteiger partial charge in [0.15, 0.2) is 0 Å². The highest BCUT2D eigenvalue weighted by molar-refractivity contribution is 6.35. The molecule has 1 aromatic carbocycles. The lowest BCUT2D eigenvalue weighted by Gasteiger charge is -2.23. The number of nitrogens with one attached hydrogen (secondary N) is 1. The zero-order valence-electron chi connectivity index (χ0n) is 14.2. The van der Waals surface area contributed by atoms with Crippen LogP contribution in [0, 0.1) is 23.7 Å². The average Bonchev–Trinajstić information content (AvgIpc) is 3.33. The van der Waals surface area contributed by atoms with Crippen molar-refractivity contribution in [3.63, 3.8) is 0 Å². The fourth-order valence-electron chi connectivity index (χ4n) is 4.08. The number of aliphatic carboxylic acids is 1. The molecule has 6 nitrogen and oxygen atoms in total. The van der Waals surface area contributed by atoms with E-state index in [0.29, 0.717) is 22.3 Å². The Morgan fingerprint density at radius 1 is 1.22 bits per heavy atom. The number of nitrogens with zero attached hydrogens (tertiary/aromatic N) is 2. The molecule has 2 bridgehead atoms. The second-order valence-corrected chi connectivity index (χ2v) is 7.83. The van der Waals surface area contributed by atoms with Gasteiger partial charge in [-0.25, -0.2) is 0 Å². The molecule has 2 N–H and O–H groups in total. The van der Waals surface area contributed by atoms with Gasteiger partial charge in [-0.3, -0.25) is 14.3 Å². The number of carboxylic acid groups (broad SMARTS) is 1. The highest BCUT2D eigenvalue weighted by Gasteiger charge is 2.51. The number of carbonyl (C=O) groups excluding carboxylic acids is 1. The van der Waals surface area contributed by atoms with Crippen LogP contribution in [0.25, 0.3) is 0 Å². The van der Waals surface area contributed by atoms with E-state index in [-0.39, 0.29) is 17.7 Å². The van der Waals surface area contributed by atoms with E-state index in [4.69, 9.17) is 23.2 Å². The molecule has 0 saturated heterocycles. The first-order chi connectivity index (χ1) is 12.9. The number of carbonyl (C=O) groups is 2. The number of anilines is 1. The molecule has 1 aromatic heterocycles. The normalized spacial score (nSPS) is 25.7. The molecule has 4 rings (SSSR count). The summed E-state index contributed by atoms with van der Waals surface area (Å²) in [7, 11) is 0. The number of hydrogen-bond donors (Lipinski definition) is 2. The Labute approximate surface area is 165 Å². The Balaban J connectivity index is 1.45. The van der Waals surface area contributed by atoms with E-state index in [1.165, 1.54) is 0 Å². The number of amides is 1. The molecule has 140 valence electrons. The first-order valence-corrected chi connectivity index (χ1v) is 9.36. The van der Waals surface area contributed by atoms with E-state index < -0.39 is 17.8 Å². The monoisotopic (exact) mass is 405 g/mol. The maximum atomic E-state index is 12.7. The number of halogens is 2. The van der Waals surface area contributed by atoms with Crippen molar-refractivity contribution in [3.8, 4) is 0 Å². The highest BCUT2D eigenvalue weighted by Crippen LogP contribution is 2.48. The van der Waals surface area contributed by atoms with Gasteiger partial charge in [-0.15, -0.1) is 0 Å². The van der Waals surface area contributed by atoms with Crippen LogP contribution in [0.4, 0.5) is 5.69 Å². The molecule has 27 heavy (non-hydrogen) atoms. The Hall–Kier alpha value is -2.31. The minimum atomic E-state index is -0.917. The van der Waals surface area contributed by atoms with Crippen LogP contribution in [0.5, 0.6) is 0 Å². The third-order valence-electron chi connectivity index (χ3n) is 5.30. The summed E-state index contributed by atoms with van der Waals surface area (Å²) in [5.74, 6) is -2.48. The molecule has 2 aromatic rings. The third-order valence-corrected chi connectivity index (χ3v) is 5.88. The van der Waals surface area contributed by atoms with E-state index >= 15 is 0 Å². The van der Waals surface area contributed by atoms with Crippen molar-refractivity contribution in [2.75, 3.05) is 5.32 Å². The maximum Gasteiger partial charge on any atom is 0.307 e. The Morgan fingerprint density at radius 3 is 2.67 bits per heavy atom. The summed E-state index contributed by atoms with van der Waals surface area (Å²) in [6, 6.07) is 5.24. The van der Waals surface area contributed by atoms with Crippen LogP contribution >= 0.6 is 23.2 Å². The van der Waals surface area contributed by atoms with Gasteiger partial charge in [0.2, 0.25) is 5.91 Å². The molecular formula is C19H17Cl2N3O3. The molecule has 2 aliphatic rings. The topological polar surface area (TPSA) is 84.2 Å². The molecule has 0 aliphatic heterocycles. The largest absolute Gasteiger partial charge is 0.481 e. The van der Waals surface area contributed by atoms with Crippen LogP contribution in [0.3, 0.4) is 0 Å². The van der Waals surface area contributed by atoms with E-state index in [9.17, 15) is 14.7 Å². The lowest BCUT2D eigenvalue weighted by atomic mass is 9.82. The van der Waals surface area contributed by atoms with Crippen molar-refractivity contribution in [2.24, 2.45) is 23.7 Å². The lowest BCUT2D eigenvalue weighted by Crippen LogP contribution is -2.36. The first kappa shape index (κ1) is 18.1. The van der Waals surface area contributed by atoms with Gasteiger partial charge in [0.1, 0.15) is 0 Å². The predicted octanol–water partition coefficient (Wildman–Crippen LogP) is 3.70. The second-order valence-electron chi connectivity index (χ2n) is 6.99. The van der Waals surface area contributed by atoms with Gasteiger partial charge in [0.05, 0.1) is 30.3 Å². The summed E-state index contributed by atoms with van der Waals surface area (Å²) in [5.41, 5.74) is 1.38. The molecule has 1 saturated carbocycles. The molecule has 2 aliphatic carbocycles. The summed E-state index contributed by atoms with van der Waals surface area (Å²) >= 11 is 12.1. The number of fused-ring (bicyclic) bond motifs is 2. The molecule has 0 spiro atoms. The number of benzene rings is 1. The average molecular weight is 406 g/mol. The van der Waals surface area contributed by atoms with Crippen LogP contribution in [0.15, 0.2) is 42.7 Å². The minimum Gasteiger partial charge on any atom is -0.481 e. The van der Waals surface area contributed by atoms with Crippen LogP contribution in [0.2, 0.25) is 10.0 Å². The van der Waals surface area contributed by atoms with Gasteiger partial charge >= 0.3 is 5.97 Å². The smallest absolute Gasteiger partial charge is 0.307 e. The zero-order chi connectivity index (χ0) is 19.1. The minimum absolute atomic E-state index is 0.0148. The number of allylic oxidation sites excluding steroid dienone is 2. The molecule has 1 heterocycles. The number of aromatic nitrogens is 2. The van der Waals surface area contributed by atoms with Crippen molar-refractivity contribution in [2.45, 2.75) is 13.0 Å². The van der Waals surface area contributed by atoms with Crippen molar-refractivity contribution in [1.29, 1.82) is 0 Å². The molecule has 4 atom stereocenters. The van der Waals surface area contributed by atoms with Crippen LogP contribution in [-0.4, -0.2) is 26.8 Å². The van der Waals surface area contributed by atoms with Crippen LogP contribution in [0.1, 0.15) is 12.0 Å². The number of carboxylic acids is 1. The van der Waals surface area contributed by atoms with Gasteiger partial charge in [-0.05, 0) is 36.0 Å². The predicted molar refractivity (Wildman–Crippen MR) is 102 cm³/mol. The molecular weight excluding hydrogens is 389 g/mol. The molecule has 8 heteroatoms. The van der Waals surface area contributed by atoms with E-state index in [1.54, 1.807) is 29.2 Å². The first-order valence-electron chi connectivity index (χ1n) is 8.61. The molecule has 0 radical (unpaired) electrons. The number of hydrogen-bond acceptors (Lipinski definition) is 3. The molecule has 0 unspecified atom stereocenters. The fraction of sp³-hybridized carbons (Fsp3) is 0.316. The van der Waals surface area contributed by atoms with Gasteiger partial charge in [-0.2, -0.15) is 5.10 Å². The SMILES string of the molecule is O=C(Nc1cnn(Cc2ccc(Cl)cc2Cl)c1)[C@@H]1[C@@H](C(=O)O)[C@H]2C=C[C@@H]1C2. The van der Waals surface area contributed by atoms with Gasteiger partial charge in [0.25, 0.3) is 0 Å². The number of rotatable bonds is 5. The molecule has 1 amide bonds. The van der Waals surface area contributed by atoms with Crippen molar-refractivity contribution < 1.29 is 14.7 Å². The quantitative estimate of drug-likeness (QED) is 0.742. The van der Waals surface area contributed by atoms with Crippen molar-refractivity contribution in [3.05, 3.63) is 58.4 Å². The zero-order valence-corrected chi connectivity index (χ0v) is 15.7. The van der Waals surface area contributed by atoms with Crippen LogP contribution < -0.4 is 5.32 Å². The molecule has 1 fully saturated rings. The van der Waals surface area contributed by atoms with Crippen LogP contribution in [-0.2, 0) is 16.1 Å². The highest BCUT2D eigenvalue weighted by atomic mass is 35.5. The van der Waals surface area contributed by atoms with E-state index in [1.807, 2.05) is 18.2 Å². The van der Waals surface area contributed by atoms with Gasteiger partial charge < -0.3 is 10.4 Å². The van der Waals surface area contributed by atoms with E-state index in [0.717, 1.165) is 12.0 Å². The van der Waals surface area contributed by atoms with Gasteiger partial charge in [0, 0.05) is 16.2 Å². The summed E-state index contributed by atoms with van der Waals surface area (Å²) in [6.07, 6.45) is 7.84. The summed E-state index contributed by atoms with van der Waals surface area (Å²) in [5, 5.41) is 17.6. The summed E-state index contributed by atoms with van der Waals surface area (Å²) in [6.45, 7) is 0.431. The summed E-state index contributed by atoms with van der Waals surface area (Å²) < 4.78 is 1.65. The van der Waals surface area contributed by atoms with Gasteiger partial charge in [-0.1, -0.05) is 41.4 Å². The third kappa shape index (κ3) is 3.47. The fourth-order valence-corrected chi connectivity index (χ4v) is 4.55. The van der Waals surface area contributed by atoms with Crippen molar-refractivity contribution in [1.82, 2.24) is 9.78 Å². The lowest BCUT2D eigenvalue weighted by molar-refractivity contribution is -0.146. The Bertz CT molecular complexity index is 940. The standard InChI is InChI=1S/C19H17Cl2N3O3/c20-13-4-3-12(15(21)6-13)8-24-9-14(7-22-24)23-18(25)16-10-1-2-11(5-10)17(16)19(26)27/h1-4,6-7,9-11,16-17H,5,8H2,(H,23,25)(H,26,27)/t10-,11+,16+,17+/m1/s1. The Kier molecular flexibility index (Phi) is 4.70. The maximum absolute atomic E-state index is 12.7. The Morgan fingerprint density at radius 2 is 1.96 bits per heavy atom. The second kappa shape index (κ2) is 7.02. The van der Waals surface area contributed by atoms with Crippen molar-refractivity contribution >= 4 is 40.8 Å².